The smallest absolute Gasteiger partial charge is 0.306 e. The van der Waals surface area contributed by atoms with E-state index in [0.717, 1.165) is 135 Å². The molecule has 0 spiro atoms. The first-order valence-electron chi connectivity index (χ1n) is 24.6. The molecule has 1 atom stereocenters. The van der Waals surface area contributed by atoms with Gasteiger partial charge in [0.15, 0.2) is 6.10 Å². The molecule has 6 nitrogen and oxygen atoms in total. The van der Waals surface area contributed by atoms with Crippen molar-refractivity contribution in [3.63, 3.8) is 0 Å². The van der Waals surface area contributed by atoms with Crippen LogP contribution in [0.25, 0.3) is 0 Å². The van der Waals surface area contributed by atoms with Gasteiger partial charge in [-0.15, -0.1) is 0 Å². The first-order valence-corrected chi connectivity index (χ1v) is 24.6. The number of rotatable bonds is 43. The highest BCUT2D eigenvalue weighted by molar-refractivity contribution is 5.71. The highest BCUT2D eigenvalue weighted by Gasteiger charge is 2.19. The van der Waals surface area contributed by atoms with Gasteiger partial charge in [-0.1, -0.05) is 196 Å². The van der Waals surface area contributed by atoms with Crippen molar-refractivity contribution in [2.45, 2.75) is 226 Å². The van der Waals surface area contributed by atoms with Crippen LogP contribution in [-0.2, 0) is 28.6 Å². The summed E-state index contributed by atoms with van der Waals surface area (Å²) >= 11 is 0. The minimum atomic E-state index is -0.793. The lowest BCUT2D eigenvalue weighted by molar-refractivity contribution is -0.167. The van der Waals surface area contributed by atoms with Crippen LogP contribution in [0.3, 0.4) is 0 Å². The van der Waals surface area contributed by atoms with E-state index in [1.807, 2.05) is 0 Å². The molecule has 0 aromatic carbocycles. The fraction of sp³-hybridized carbons (Fsp3) is 0.685. The average Bonchev–Trinajstić information content (AvgIpc) is 3.24. The SMILES string of the molecule is CC/C=C\C/C=C\C/C=C\C/C=C\CCCCCCC(=O)OCC(COC(=O)CCCCCCCCCCCC)OC(=O)CCCCCCC/C=C\C/C=C\C/C=C\CC. The number of carbonyl (C=O) groups is 3. The molecule has 0 amide bonds. The summed E-state index contributed by atoms with van der Waals surface area (Å²) in [7, 11) is 0. The monoisotopic (exact) mass is 835 g/mol. The van der Waals surface area contributed by atoms with Gasteiger partial charge in [0.2, 0.25) is 0 Å². The van der Waals surface area contributed by atoms with E-state index in [2.05, 4.69) is 106 Å². The summed E-state index contributed by atoms with van der Waals surface area (Å²) in [6.45, 7) is 6.35. The van der Waals surface area contributed by atoms with Crippen LogP contribution in [-0.4, -0.2) is 37.2 Å². The maximum absolute atomic E-state index is 12.8. The molecule has 0 fully saturated rings. The van der Waals surface area contributed by atoms with Gasteiger partial charge in [-0.25, -0.2) is 0 Å². The van der Waals surface area contributed by atoms with Gasteiger partial charge in [0, 0.05) is 19.3 Å². The molecule has 0 saturated carbocycles. The van der Waals surface area contributed by atoms with Crippen LogP contribution in [0.15, 0.2) is 85.1 Å². The van der Waals surface area contributed by atoms with E-state index in [4.69, 9.17) is 14.2 Å². The molecule has 0 aliphatic carbocycles. The molecule has 0 bridgehead atoms. The Kier molecular flexibility index (Phi) is 45.5. The Bertz CT molecular complexity index is 1190. The number of allylic oxidation sites excluding steroid dienone is 14. The van der Waals surface area contributed by atoms with Gasteiger partial charge >= 0.3 is 17.9 Å². The Hall–Kier alpha value is -3.41. The predicted octanol–water partition coefficient (Wildman–Crippen LogP) is 16.0. The summed E-state index contributed by atoms with van der Waals surface area (Å²) in [5.41, 5.74) is 0. The Morgan fingerprint density at radius 1 is 0.350 bits per heavy atom. The molecule has 60 heavy (non-hydrogen) atoms. The molecule has 0 N–H and O–H groups in total. The van der Waals surface area contributed by atoms with Crippen molar-refractivity contribution in [2.75, 3.05) is 13.2 Å². The van der Waals surface area contributed by atoms with Gasteiger partial charge in [-0.2, -0.15) is 0 Å². The third-order valence-electron chi connectivity index (χ3n) is 10.1. The van der Waals surface area contributed by atoms with E-state index in [0.29, 0.717) is 19.3 Å². The van der Waals surface area contributed by atoms with Gasteiger partial charge in [-0.3, -0.25) is 14.4 Å². The molecule has 6 heteroatoms. The van der Waals surface area contributed by atoms with Gasteiger partial charge in [0.05, 0.1) is 0 Å². The molecule has 0 radical (unpaired) electrons. The van der Waals surface area contributed by atoms with Gasteiger partial charge in [0.1, 0.15) is 13.2 Å². The summed E-state index contributed by atoms with van der Waals surface area (Å²) in [6.07, 6.45) is 61.3. The fourth-order valence-corrected chi connectivity index (χ4v) is 6.50. The van der Waals surface area contributed by atoms with E-state index in [1.54, 1.807) is 0 Å². The van der Waals surface area contributed by atoms with E-state index < -0.39 is 6.10 Å². The topological polar surface area (TPSA) is 78.9 Å². The lowest BCUT2D eigenvalue weighted by Gasteiger charge is -2.18. The van der Waals surface area contributed by atoms with E-state index in [1.165, 1.54) is 44.9 Å². The van der Waals surface area contributed by atoms with Crippen LogP contribution >= 0.6 is 0 Å². The third kappa shape index (κ3) is 45.7. The van der Waals surface area contributed by atoms with Crippen molar-refractivity contribution >= 4 is 17.9 Å². The van der Waals surface area contributed by atoms with Gasteiger partial charge < -0.3 is 14.2 Å². The Morgan fingerprint density at radius 2 is 0.650 bits per heavy atom. The number of esters is 3. The van der Waals surface area contributed by atoms with Crippen molar-refractivity contribution in [3.05, 3.63) is 85.1 Å². The highest BCUT2D eigenvalue weighted by Crippen LogP contribution is 2.14. The van der Waals surface area contributed by atoms with Gasteiger partial charge in [-0.05, 0) is 89.9 Å². The molecule has 0 aliphatic rings. The van der Waals surface area contributed by atoms with Crippen LogP contribution in [0.1, 0.15) is 220 Å². The van der Waals surface area contributed by atoms with Crippen molar-refractivity contribution < 1.29 is 28.6 Å². The van der Waals surface area contributed by atoms with Crippen LogP contribution in [0.2, 0.25) is 0 Å². The Morgan fingerprint density at radius 3 is 1.02 bits per heavy atom. The minimum absolute atomic E-state index is 0.0911. The fourth-order valence-electron chi connectivity index (χ4n) is 6.50. The average molecular weight is 835 g/mol. The second-order valence-corrected chi connectivity index (χ2v) is 16.0. The molecule has 0 aromatic heterocycles. The molecular formula is C54H90O6. The molecule has 0 heterocycles. The van der Waals surface area contributed by atoms with E-state index in [9.17, 15) is 14.4 Å². The number of carbonyl (C=O) groups excluding carboxylic acids is 3. The summed E-state index contributed by atoms with van der Waals surface area (Å²) < 4.78 is 16.7. The molecule has 0 rings (SSSR count). The number of unbranched alkanes of at least 4 members (excludes halogenated alkanes) is 18. The zero-order chi connectivity index (χ0) is 43.7. The van der Waals surface area contributed by atoms with E-state index >= 15 is 0 Å². The molecule has 342 valence electrons. The quantitative estimate of drug-likeness (QED) is 0.0263. The highest BCUT2D eigenvalue weighted by atomic mass is 16.6. The zero-order valence-corrected chi connectivity index (χ0v) is 38.9. The molecule has 1 unspecified atom stereocenters. The standard InChI is InChI=1S/C54H90O6/c1-4-7-10-13-16-19-22-24-26-27-29-30-32-35-38-41-44-47-53(56)59-50-51(49-58-52(55)46-43-40-37-34-21-18-15-12-9-6-3)60-54(57)48-45-42-39-36-33-31-28-25-23-20-17-14-11-8-5-2/h7-8,10-11,16-17,19-20,24-26,28-30,51H,4-6,9,12-15,18,21-23,27,31-50H2,1-3H3/b10-7-,11-8-,19-16-,20-17-,26-24-,28-25-,30-29-. The van der Waals surface area contributed by atoms with Crippen molar-refractivity contribution in [3.8, 4) is 0 Å². The van der Waals surface area contributed by atoms with Crippen LogP contribution in [0.4, 0.5) is 0 Å². The maximum atomic E-state index is 12.8. The van der Waals surface area contributed by atoms with Gasteiger partial charge in [0.25, 0.3) is 0 Å². The summed E-state index contributed by atoms with van der Waals surface area (Å²) in [4.78, 5) is 37.9. The van der Waals surface area contributed by atoms with Crippen molar-refractivity contribution in [1.29, 1.82) is 0 Å². The second-order valence-electron chi connectivity index (χ2n) is 16.0. The first kappa shape index (κ1) is 56.6. The summed E-state index contributed by atoms with van der Waals surface area (Å²) in [5, 5.41) is 0. The first-order chi connectivity index (χ1) is 29.5. The lowest BCUT2D eigenvalue weighted by Crippen LogP contribution is -2.30. The normalized spacial score (nSPS) is 12.8. The summed E-state index contributed by atoms with van der Waals surface area (Å²) in [5.74, 6) is -0.938. The second kappa shape index (κ2) is 48.3. The molecular weight excluding hydrogens is 745 g/mol. The van der Waals surface area contributed by atoms with Crippen molar-refractivity contribution in [2.24, 2.45) is 0 Å². The lowest BCUT2D eigenvalue weighted by atomic mass is 10.1. The molecule has 0 aromatic rings. The zero-order valence-electron chi connectivity index (χ0n) is 38.9. The predicted molar refractivity (Wildman–Crippen MR) is 256 cm³/mol. The van der Waals surface area contributed by atoms with Crippen molar-refractivity contribution in [1.82, 2.24) is 0 Å². The Balaban J connectivity index is 4.44. The largest absolute Gasteiger partial charge is 0.462 e. The van der Waals surface area contributed by atoms with Crippen LogP contribution in [0, 0.1) is 0 Å². The number of ether oxygens (including phenoxy) is 3. The van der Waals surface area contributed by atoms with Crippen LogP contribution in [0.5, 0.6) is 0 Å². The van der Waals surface area contributed by atoms with Crippen LogP contribution < -0.4 is 0 Å². The van der Waals surface area contributed by atoms with E-state index in [-0.39, 0.29) is 31.1 Å². The summed E-state index contributed by atoms with van der Waals surface area (Å²) in [6, 6.07) is 0. The number of hydrogen-bond donors (Lipinski definition) is 0. The minimum Gasteiger partial charge on any atom is -0.462 e. The molecule has 0 saturated heterocycles. The third-order valence-corrected chi connectivity index (χ3v) is 10.1. The molecule has 0 aliphatic heterocycles. The maximum Gasteiger partial charge on any atom is 0.306 e. The Labute approximate surface area is 369 Å². The number of hydrogen-bond acceptors (Lipinski definition) is 6.